The van der Waals surface area contributed by atoms with E-state index in [2.05, 4.69) is 0 Å². The zero-order valence-electron chi connectivity index (χ0n) is 12.6. The van der Waals surface area contributed by atoms with Gasteiger partial charge in [-0.2, -0.15) is 0 Å². The van der Waals surface area contributed by atoms with Crippen LogP contribution in [0.5, 0.6) is 0 Å². The maximum atomic E-state index is 12.4. The Kier molecular flexibility index (Phi) is 3.94. The lowest BCUT2D eigenvalue weighted by Crippen LogP contribution is -2.56. The third-order valence-corrected chi connectivity index (χ3v) is 3.61. The summed E-state index contributed by atoms with van der Waals surface area (Å²) in [5, 5.41) is 9.42. The van der Waals surface area contributed by atoms with Gasteiger partial charge in [0, 0.05) is 5.54 Å². The van der Waals surface area contributed by atoms with Crippen molar-refractivity contribution < 1.29 is 19.4 Å². The minimum absolute atomic E-state index is 0.141. The average molecular weight is 291 g/mol. The van der Waals surface area contributed by atoms with Crippen molar-refractivity contribution in [2.45, 2.75) is 51.3 Å². The monoisotopic (exact) mass is 291 g/mol. The van der Waals surface area contributed by atoms with Crippen LogP contribution in [0.1, 0.15) is 39.2 Å². The van der Waals surface area contributed by atoms with E-state index in [0.717, 1.165) is 5.56 Å². The van der Waals surface area contributed by atoms with E-state index in [4.69, 9.17) is 4.74 Å². The summed E-state index contributed by atoms with van der Waals surface area (Å²) in [4.78, 5) is 25.3. The van der Waals surface area contributed by atoms with Crippen molar-refractivity contribution in [1.82, 2.24) is 4.90 Å². The topological polar surface area (TPSA) is 66.8 Å². The van der Waals surface area contributed by atoms with Crippen molar-refractivity contribution >= 4 is 12.1 Å². The van der Waals surface area contributed by atoms with Gasteiger partial charge in [-0.25, -0.2) is 9.59 Å². The van der Waals surface area contributed by atoms with Gasteiger partial charge in [0.1, 0.15) is 12.1 Å². The van der Waals surface area contributed by atoms with E-state index in [9.17, 15) is 14.7 Å². The molecule has 0 aromatic heterocycles. The molecule has 1 amide bonds. The summed E-state index contributed by atoms with van der Waals surface area (Å²) in [6.45, 7) is 5.60. The Balaban J connectivity index is 2.11. The Morgan fingerprint density at radius 1 is 1.24 bits per heavy atom. The highest BCUT2D eigenvalue weighted by atomic mass is 16.6. The van der Waals surface area contributed by atoms with Gasteiger partial charge >= 0.3 is 12.1 Å². The van der Waals surface area contributed by atoms with E-state index in [1.807, 2.05) is 51.1 Å². The molecule has 21 heavy (non-hydrogen) atoms. The SMILES string of the molecule is CC(C)(C)N(C(=O)OCc1ccccc1)C1(C(=O)O)CC1. The molecule has 0 bridgehead atoms. The summed E-state index contributed by atoms with van der Waals surface area (Å²) < 4.78 is 5.32. The number of carboxylic acids is 1. The second-order valence-electron chi connectivity index (χ2n) is 6.38. The van der Waals surface area contributed by atoms with Crippen LogP contribution in [-0.4, -0.2) is 33.1 Å². The Morgan fingerprint density at radius 3 is 2.24 bits per heavy atom. The number of hydrogen-bond donors (Lipinski definition) is 1. The van der Waals surface area contributed by atoms with Crippen molar-refractivity contribution in [1.29, 1.82) is 0 Å². The van der Waals surface area contributed by atoms with E-state index in [1.165, 1.54) is 4.90 Å². The van der Waals surface area contributed by atoms with Gasteiger partial charge in [-0.1, -0.05) is 30.3 Å². The summed E-state index contributed by atoms with van der Waals surface area (Å²) in [6, 6.07) is 9.34. The minimum atomic E-state index is -1.11. The maximum Gasteiger partial charge on any atom is 0.411 e. The van der Waals surface area contributed by atoms with Crippen LogP contribution in [0.3, 0.4) is 0 Å². The lowest BCUT2D eigenvalue weighted by atomic mass is 10.0. The van der Waals surface area contributed by atoms with Crippen LogP contribution in [0.25, 0.3) is 0 Å². The number of ether oxygens (including phenoxy) is 1. The molecule has 2 rings (SSSR count). The van der Waals surface area contributed by atoms with Crippen LogP contribution < -0.4 is 0 Å². The summed E-state index contributed by atoms with van der Waals surface area (Å²) in [6.07, 6.45) is 0.367. The van der Waals surface area contributed by atoms with Gasteiger partial charge in [0.15, 0.2) is 0 Å². The average Bonchev–Trinajstić information content (AvgIpc) is 3.17. The van der Waals surface area contributed by atoms with Crippen molar-refractivity contribution in [3.63, 3.8) is 0 Å². The first-order valence-corrected chi connectivity index (χ1v) is 7.02. The summed E-state index contributed by atoms with van der Waals surface area (Å²) in [5.41, 5.74) is -0.839. The first kappa shape index (κ1) is 15.4. The fraction of sp³-hybridized carbons (Fsp3) is 0.500. The van der Waals surface area contributed by atoms with E-state index >= 15 is 0 Å². The van der Waals surface area contributed by atoms with E-state index in [0.29, 0.717) is 12.8 Å². The van der Waals surface area contributed by atoms with Gasteiger partial charge in [0.05, 0.1) is 0 Å². The molecule has 0 saturated heterocycles. The second kappa shape index (κ2) is 5.39. The number of aliphatic carboxylic acids is 1. The summed E-state index contributed by atoms with van der Waals surface area (Å²) in [5.74, 6) is -0.964. The number of benzene rings is 1. The predicted molar refractivity (Wildman–Crippen MR) is 77.8 cm³/mol. The minimum Gasteiger partial charge on any atom is -0.479 e. The third-order valence-electron chi connectivity index (χ3n) is 3.61. The molecular formula is C16H21NO4. The number of carbonyl (C=O) groups is 2. The quantitative estimate of drug-likeness (QED) is 0.926. The summed E-state index contributed by atoms with van der Waals surface area (Å²) >= 11 is 0. The molecule has 114 valence electrons. The van der Waals surface area contributed by atoms with Crippen molar-refractivity contribution in [3.8, 4) is 0 Å². The van der Waals surface area contributed by atoms with Crippen molar-refractivity contribution in [2.24, 2.45) is 0 Å². The highest BCUT2D eigenvalue weighted by Gasteiger charge is 2.60. The normalized spacial score (nSPS) is 16.1. The largest absolute Gasteiger partial charge is 0.479 e. The number of rotatable bonds is 4. The Labute approximate surface area is 124 Å². The van der Waals surface area contributed by atoms with Crippen LogP contribution in [-0.2, 0) is 16.1 Å². The molecular weight excluding hydrogens is 270 g/mol. The van der Waals surface area contributed by atoms with Crippen molar-refractivity contribution in [3.05, 3.63) is 35.9 Å². The second-order valence-corrected chi connectivity index (χ2v) is 6.38. The lowest BCUT2D eigenvalue weighted by Gasteiger charge is -2.39. The molecule has 0 radical (unpaired) electrons. The number of nitrogens with zero attached hydrogens (tertiary/aromatic N) is 1. The molecule has 1 N–H and O–H groups in total. The number of amides is 1. The van der Waals surface area contributed by atoms with Gasteiger partial charge in [0.2, 0.25) is 0 Å². The van der Waals surface area contributed by atoms with Crippen LogP contribution in [0.2, 0.25) is 0 Å². The molecule has 1 aromatic carbocycles. The highest BCUT2D eigenvalue weighted by Crippen LogP contribution is 2.46. The molecule has 0 heterocycles. The van der Waals surface area contributed by atoms with Gasteiger partial charge in [0.25, 0.3) is 0 Å². The van der Waals surface area contributed by atoms with Gasteiger partial charge in [-0.05, 0) is 39.2 Å². The first-order chi connectivity index (χ1) is 9.77. The molecule has 1 fully saturated rings. The molecule has 0 spiro atoms. The van der Waals surface area contributed by atoms with E-state index in [1.54, 1.807) is 0 Å². The van der Waals surface area contributed by atoms with Gasteiger partial charge in [-0.15, -0.1) is 0 Å². The number of carboxylic acid groups (broad SMARTS) is 1. The molecule has 5 nitrogen and oxygen atoms in total. The molecule has 0 aliphatic heterocycles. The Morgan fingerprint density at radius 2 is 1.81 bits per heavy atom. The molecule has 1 saturated carbocycles. The molecule has 0 atom stereocenters. The van der Waals surface area contributed by atoms with Crippen LogP contribution in [0, 0.1) is 0 Å². The highest BCUT2D eigenvalue weighted by molar-refractivity contribution is 5.88. The zero-order valence-corrected chi connectivity index (χ0v) is 12.6. The molecule has 1 aliphatic carbocycles. The lowest BCUT2D eigenvalue weighted by molar-refractivity contribution is -0.146. The fourth-order valence-electron chi connectivity index (χ4n) is 2.53. The van der Waals surface area contributed by atoms with Crippen LogP contribution in [0.15, 0.2) is 30.3 Å². The smallest absolute Gasteiger partial charge is 0.411 e. The molecule has 1 aromatic rings. The van der Waals surface area contributed by atoms with E-state index < -0.39 is 23.1 Å². The zero-order chi connectivity index (χ0) is 15.7. The van der Waals surface area contributed by atoms with Gasteiger partial charge in [-0.3, -0.25) is 4.90 Å². The molecule has 5 heteroatoms. The van der Waals surface area contributed by atoms with E-state index in [-0.39, 0.29) is 6.61 Å². The Bertz CT molecular complexity index is 529. The molecule has 0 unspecified atom stereocenters. The molecule has 1 aliphatic rings. The fourth-order valence-corrected chi connectivity index (χ4v) is 2.53. The van der Waals surface area contributed by atoms with Crippen molar-refractivity contribution in [2.75, 3.05) is 0 Å². The van der Waals surface area contributed by atoms with Crippen LogP contribution >= 0.6 is 0 Å². The first-order valence-electron chi connectivity index (χ1n) is 7.02. The Hall–Kier alpha value is -2.04. The van der Waals surface area contributed by atoms with Crippen LogP contribution in [0.4, 0.5) is 4.79 Å². The van der Waals surface area contributed by atoms with Gasteiger partial charge < -0.3 is 9.84 Å². The number of carbonyl (C=O) groups excluding carboxylic acids is 1. The third kappa shape index (κ3) is 3.17. The summed E-state index contributed by atoms with van der Waals surface area (Å²) in [7, 11) is 0. The number of hydrogen-bond acceptors (Lipinski definition) is 3. The standard InChI is InChI=1S/C16H21NO4/c1-15(2,3)17(16(9-10-16)13(18)19)14(20)21-11-12-7-5-4-6-8-12/h4-8H,9-11H2,1-3H3,(H,18,19). The maximum absolute atomic E-state index is 12.4. The predicted octanol–water partition coefficient (Wildman–Crippen LogP) is 3.04.